The Balaban J connectivity index is 1.91. The molecule has 2 aromatic rings. The van der Waals surface area contributed by atoms with Crippen molar-refractivity contribution in [2.45, 2.75) is 20.0 Å². The second-order valence-corrected chi connectivity index (χ2v) is 4.83. The molecule has 0 bridgehead atoms. The molecule has 0 amide bonds. The van der Waals surface area contributed by atoms with E-state index >= 15 is 0 Å². The third-order valence-electron chi connectivity index (χ3n) is 3.01. The van der Waals surface area contributed by atoms with Gasteiger partial charge in [-0.05, 0) is 43.7 Å². The van der Waals surface area contributed by atoms with Gasteiger partial charge in [-0.2, -0.15) is 0 Å². The number of hydrogen-bond donors (Lipinski definition) is 1. The topological polar surface area (TPSA) is 30.5 Å². The van der Waals surface area contributed by atoms with E-state index in [0.717, 1.165) is 23.7 Å². The molecule has 1 N–H and O–H groups in total. The van der Waals surface area contributed by atoms with Crippen molar-refractivity contribution in [1.82, 2.24) is 0 Å². The molecule has 0 aliphatic rings. The minimum absolute atomic E-state index is 0.0480. The molecule has 0 heterocycles. The first-order valence-corrected chi connectivity index (χ1v) is 6.79. The maximum atomic E-state index is 5.90. The van der Waals surface area contributed by atoms with Crippen molar-refractivity contribution in [2.24, 2.45) is 0 Å². The summed E-state index contributed by atoms with van der Waals surface area (Å²) in [6, 6.07) is 16.0. The van der Waals surface area contributed by atoms with E-state index in [4.69, 9.17) is 9.47 Å². The first kappa shape index (κ1) is 14.3. The highest BCUT2D eigenvalue weighted by Crippen LogP contribution is 2.26. The molecule has 3 nitrogen and oxygen atoms in total. The Morgan fingerprint density at radius 3 is 2.50 bits per heavy atom. The lowest BCUT2D eigenvalue weighted by atomic mass is 10.2. The maximum absolute atomic E-state index is 5.90. The van der Waals surface area contributed by atoms with Crippen LogP contribution in [0.15, 0.2) is 48.5 Å². The monoisotopic (exact) mass is 271 g/mol. The molecule has 0 aliphatic carbocycles. The van der Waals surface area contributed by atoms with E-state index in [1.807, 2.05) is 37.3 Å². The number of aryl methyl sites for hydroxylation is 1. The average molecular weight is 271 g/mol. The van der Waals surface area contributed by atoms with Crippen molar-refractivity contribution in [2.75, 3.05) is 19.0 Å². The molecule has 0 fully saturated rings. The van der Waals surface area contributed by atoms with Crippen LogP contribution in [0.2, 0.25) is 0 Å². The van der Waals surface area contributed by atoms with Gasteiger partial charge in [-0.15, -0.1) is 0 Å². The summed E-state index contributed by atoms with van der Waals surface area (Å²) in [5.74, 6) is 1.53. The highest BCUT2D eigenvalue weighted by molar-refractivity contribution is 5.45. The number of methoxy groups -OCH3 is 1. The Labute approximate surface area is 120 Å². The molecule has 2 aromatic carbocycles. The summed E-state index contributed by atoms with van der Waals surface area (Å²) >= 11 is 0. The predicted octanol–water partition coefficient (Wildman–Crippen LogP) is 3.88. The molecule has 2 rings (SSSR count). The van der Waals surface area contributed by atoms with Crippen molar-refractivity contribution in [3.05, 3.63) is 54.1 Å². The van der Waals surface area contributed by atoms with Gasteiger partial charge in [0.2, 0.25) is 0 Å². The molecule has 0 spiro atoms. The molecule has 1 unspecified atom stereocenters. The van der Waals surface area contributed by atoms with Crippen molar-refractivity contribution in [3.63, 3.8) is 0 Å². The Hall–Kier alpha value is -2.16. The van der Waals surface area contributed by atoms with Gasteiger partial charge in [0.05, 0.1) is 13.7 Å². The van der Waals surface area contributed by atoms with Gasteiger partial charge in [0.1, 0.15) is 6.10 Å². The number of rotatable bonds is 6. The number of ether oxygens (including phenoxy) is 2. The van der Waals surface area contributed by atoms with E-state index in [2.05, 4.69) is 30.4 Å². The van der Waals surface area contributed by atoms with Crippen molar-refractivity contribution in [3.8, 4) is 11.5 Å². The van der Waals surface area contributed by atoms with Gasteiger partial charge < -0.3 is 14.8 Å². The second kappa shape index (κ2) is 6.85. The molecule has 1 atom stereocenters. The summed E-state index contributed by atoms with van der Waals surface area (Å²) in [6.07, 6.45) is 0.0480. The zero-order chi connectivity index (χ0) is 14.4. The highest BCUT2D eigenvalue weighted by Gasteiger charge is 2.08. The van der Waals surface area contributed by atoms with Crippen LogP contribution in [0.1, 0.15) is 12.5 Å². The van der Waals surface area contributed by atoms with Crippen LogP contribution in [0.25, 0.3) is 0 Å². The second-order valence-electron chi connectivity index (χ2n) is 4.83. The van der Waals surface area contributed by atoms with Crippen LogP contribution in [0.3, 0.4) is 0 Å². The number of anilines is 1. The molecular weight excluding hydrogens is 250 g/mol. The van der Waals surface area contributed by atoms with E-state index in [-0.39, 0.29) is 6.10 Å². The Bertz CT molecular complexity index is 554. The van der Waals surface area contributed by atoms with Crippen molar-refractivity contribution in [1.29, 1.82) is 0 Å². The predicted molar refractivity (Wildman–Crippen MR) is 82.8 cm³/mol. The van der Waals surface area contributed by atoms with E-state index in [0.29, 0.717) is 0 Å². The van der Waals surface area contributed by atoms with E-state index in [1.165, 1.54) is 5.56 Å². The zero-order valence-corrected chi connectivity index (χ0v) is 12.2. The summed E-state index contributed by atoms with van der Waals surface area (Å²) in [4.78, 5) is 0. The number of nitrogens with one attached hydrogen (secondary N) is 1. The molecule has 106 valence electrons. The standard InChI is InChI=1S/C17H21NO2/c1-13-7-6-8-15(11-13)18-12-14(2)20-17-10-5-4-9-16(17)19-3/h4-11,14,18H,12H2,1-3H3. The maximum Gasteiger partial charge on any atom is 0.161 e. The van der Waals surface area contributed by atoms with Gasteiger partial charge in [0.15, 0.2) is 11.5 Å². The zero-order valence-electron chi connectivity index (χ0n) is 12.2. The fourth-order valence-electron chi connectivity index (χ4n) is 1.99. The summed E-state index contributed by atoms with van der Waals surface area (Å²) < 4.78 is 11.2. The first-order chi connectivity index (χ1) is 9.69. The smallest absolute Gasteiger partial charge is 0.161 e. The first-order valence-electron chi connectivity index (χ1n) is 6.79. The summed E-state index contributed by atoms with van der Waals surface area (Å²) in [7, 11) is 1.65. The van der Waals surface area contributed by atoms with Crippen molar-refractivity contribution >= 4 is 5.69 Å². The van der Waals surface area contributed by atoms with Gasteiger partial charge in [0, 0.05) is 5.69 Å². The van der Waals surface area contributed by atoms with Gasteiger partial charge in [0.25, 0.3) is 0 Å². The Kier molecular flexibility index (Phi) is 4.88. The number of benzene rings is 2. The quantitative estimate of drug-likeness (QED) is 0.864. The van der Waals surface area contributed by atoms with E-state index < -0.39 is 0 Å². The number of para-hydroxylation sites is 2. The lowest BCUT2D eigenvalue weighted by Crippen LogP contribution is -2.22. The van der Waals surface area contributed by atoms with Gasteiger partial charge in [-0.25, -0.2) is 0 Å². The minimum Gasteiger partial charge on any atom is -0.493 e. The Morgan fingerprint density at radius 2 is 1.80 bits per heavy atom. The fraction of sp³-hybridized carbons (Fsp3) is 0.294. The van der Waals surface area contributed by atoms with Gasteiger partial charge >= 0.3 is 0 Å². The molecule has 0 aliphatic heterocycles. The summed E-state index contributed by atoms with van der Waals surface area (Å²) in [5, 5.41) is 3.38. The van der Waals surface area contributed by atoms with E-state index in [1.54, 1.807) is 7.11 Å². The van der Waals surface area contributed by atoms with Crippen LogP contribution in [-0.4, -0.2) is 19.8 Å². The van der Waals surface area contributed by atoms with Crippen LogP contribution in [0.4, 0.5) is 5.69 Å². The van der Waals surface area contributed by atoms with Crippen LogP contribution in [0, 0.1) is 6.92 Å². The van der Waals surface area contributed by atoms with E-state index in [9.17, 15) is 0 Å². The van der Waals surface area contributed by atoms with Crippen LogP contribution >= 0.6 is 0 Å². The third kappa shape index (κ3) is 3.92. The molecule has 0 radical (unpaired) electrons. The largest absolute Gasteiger partial charge is 0.493 e. The van der Waals surface area contributed by atoms with Crippen LogP contribution < -0.4 is 14.8 Å². The van der Waals surface area contributed by atoms with Gasteiger partial charge in [-0.1, -0.05) is 24.3 Å². The third-order valence-corrected chi connectivity index (χ3v) is 3.01. The lowest BCUT2D eigenvalue weighted by Gasteiger charge is -2.18. The molecule has 20 heavy (non-hydrogen) atoms. The fourth-order valence-corrected chi connectivity index (χ4v) is 1.99. The molecular formula is C17H21NO2. The molecule has 0 aromatic heterocycles. The molecule has 3 heteroatoms. The van der Waals surface area contributed by atoms with Crippen LogP contribution in [-0.2, 0) is 0 Å². The van der Waals surface area contributed by atoms with Crippen molar-refractivity contribution < 1.29 is 9.47 Å². The lowest BCUT2D eigenvalue weighted by molar-refractivity contribution is 0.223. The van der Waals surface area contributed by atoms with Gasteiger partial charge in [-0.3, -0.25) is 0 Å². The minimum atomic E-state index is 0.0480. The SMILES string of the molecule is COc1ccccc1OC(C)CNc1cccc(C)c1. The van der Waals surface area contributed by atoms with Crippen LogP contribution in [0.5, 0.6) is 11.5 Å². The Morgan fingerprint density at radius 1 is 1.05 bits per heavy atom. The average Bonchev–Trinajstić information content (AvgIpc) is 2.46. The summed E-state index contributed by atoms with van der Waals surface area (Å²) in [5.41, 5.74) is 2.36. The molecule has 0 saturated heterocycles. The summed E-state index contributed by atoms with van der Waals surface area (Å²) in [6.45, 7) is 4.86. The highest BCUT2D eigenvalue weighted by atomic mass is 16.5. The normalized spacial score (nSPS) is 11.8. The number of hydrogen-bond acceptors (Lipinski definition) is 3. The molecule has 0 saturated carbocycles.